The van der Waals surface area contributed by atoms with Crippen molar-refractivity contribution in [3.63, 3.8) is 0 Å². The lowest BCUT2D eigenvalue weighted by molar-refractivity contribution is -0.142. The summed E-state index contributed by atoms with van der Waals surface area (Å²) in [5, 5.41) is 46.4. The van der Waals surface area contributed by atoms with E-state index in [9.17, 15) is 58.5 Å². The van der Waals surface area contributed by atoms with E-state index in [1.54, 1.807) is 44.2 Å². The fraction of sp³-hybridized carbons (Fsp3) is 0.413. The second-order valence-corrected chi connectivity index (χ2v) is 16.7. The summed E-state index contributed by atoms with van der Waals surface area (Å²) in [6.07, 6.45) is -0.739. The molecule has 0 spiro atoms. The van der Waals surface area contributed by atoms with Crippen molar-refractivity contribution in [2.45, 2.75) is 96.1 Å². The first-order valence-electron chi connectivity index (χ1n) is 21.5. The number of carbonyl (C=O) groups excluding carboxylic acids is 8. The number of hydrogen-bond donors (Lipinski definition) is 12. The van der Waals surface area contributed by atoms with Crippen molar-refractivity contribution in [2.75, 3.05) is 13.1 Å². The highest BCUT2D eigenvalue weighted by Crippen LogP contribution is 2.14. The molecule has 0 unspecified atom stereocenters. The van der Waals surface area contributed by atoms with E-state index in [4.69, 9.17) is 11.5 Å². The van der Waals surface area contributed by atoms with Crippen LogP contribution in [-0.4, -0.2) is 118 Å². The highest BCUT2D eigenvalue weighted by molar-refractivity contribution is 5.97. The van der Waals surface area contributed by atoms with E-state index < -0.39 is 115 Å². The summed E-state index contributed by atoms with van der Waals surface area (Å²) in [6, 6.07) is 11.9. The molecular formula is C46H61N9O12. The zero-order chi connectivity index (χ0) is 49.8. The lowest BCUT2D eigenvalue weighted by atomic mass is 10.00. The summed E-state index contributed by atoms with van der Waals surface area (Å²) in [7, 11) is 0. The first-order valence-corrected chi connectivity index (χ1v) is 21.5. The number of nitrogens with one attached hydrogen (secondary N) is 7. The number of carboxylic acids is 1. The van der Waals surface area contributed by atoms with Crippen molar-refractivity contribution in [1.29, 1.82) is 0 Å². The molecule has 3 aromatic rings. The Labute approximate surface area is 387 Å². The van der Waals surface area contributed by atoms with Crippen LogP contribution in [0.3, 0.4) is 0 Å². The standard InChI is InChI=1S/C46H61N9O12/c1-25(2)18-32(47)41(61)49-23-38(59)51-33(20-28-10-14-30(56)15-11-28)42(62)50-24-39(60)52-34(19-27-8-6-5-7-9-27)44(64)55-40(26(3)4)45(65)53-35(22-37(48)58)43(63)54-36(46(66)67)21-29-12-16-31(57)17-13-29/h5-17,25-26,32-36,40,56-57H,18-24,47H2,1-4H3,(H2,48,58)(H,49,61)(H,50,62)(H,51,59)(H,52,60)(H,53,65)(H,54,63)(H,55,64)(H,66,67)/t32-,33-,34-,35-,36-,40-/m0/s1. The molecule has 0 aliphatic carbocycles. The molecule has 8 amide bonds. The average molecular weight is 932 g/mol. The van der Waals surface area contributed by atoms with Gasteiger partial charge < -0.3 is 64.0 Å². The number of primary amides is 1. The van der Waals surface area contributed by atoms with Crippen molar-refractivity contribution in [1.82, 2.24) is 37.2 Å². The molecule has 0 aliphatic heterocycles. The molecule has 21 nitrogen and oxygen atoms in total. The molecule has 0 heterocycles. The molecule has 0 radical (unpaired) electrons. The van der Waals surface area contributed by atoms with Gasteiger partial charge in [-0.05, 0) is 59.2 Å². The summed E-state index contributed by atoms with van der Waals surface area (Å²) in [5.41, 5.74) is 12.9. The predicted molar refractivity (Wildman–Crippen MR) is 243 cm³/mol. The fourth-order valence-corrected chi connectivity index (χ4v) is 6.63. The molecule has 0 aromatic heterocycles. The van der Waals surface area contributed by atoms with Gasteiger partial charge in [0, 0.05) is 19.3 Å². The molecule has 6 atom stereocenters. The number of phenols is 2. The lowest BCUT2D eigenvalue weighted by Gasteiger charge is -2.27. The number of aromatic hydroxyl groups is 2. The normalized spacial score (nSPS) is 13.7. The number of aliphatic carboxylic acids is 1. The van der Waals surface area contributed by atoms with Gasteiger partial charge in [-0.2, -0.15) is 0 Å². The van der Waals surface area contributed by atoms with E-state index in [-0.39, 0.29) is 36.7 Å². The third-order valence-electron chi connectivity index (χ3n) is 10.1. The molecule has 0 bridgehead atoms. The number of benzene rings is 3. The van der Waals surface area contributed by atoms with Gasteiger partial charge in [-0.3, -0.25) is 38.4 Å². The minimum Gasteiger partial charge on any atom is -0.508 e. The van der Waals surface area contributed by atoms with Crippen LogP contribution < -0.4 is 48.7 Å². The van der Waals surface area contributed by atoms with Gasteiger partial charge in [0.25, 0.3) is 0 Å². The molecule has 3 aromatic carbocycles. The number of carbonyl (C=O) groups is 9. The fourth-order valence-electron chi connectivity index (χ4n) is 6.63. The van der Waals surface area contributed by atoms with Crippen LogP contribution in [0.2, 0.25) is 0 Å². The lowest BCUT2D eigenvalue weighted by Crippen LogP contribution is -2.60. The molecule has 3 rings (SSSR count). The van der Waals surface area contributed by atoms with E-state index in [1.165, 1.54) is 48.5 Å². The Balaban J connectivity index is 1.75. The largest absolute Gasteiger partial charge is 0.508 e. The number of nitrogens with two attached hydrogens (primary N) is 2. The van der Waals surface area contributed by atoms with Gasteiger partial charge in [-0.1, -0.05) is 82.3 Å². The zero-order valence-electron chi connectivity index (χ0n) is 37.7. The first-order chi connectivity index (χ1) is 31.6. The molecule has 0 aliphatic rings. The van der Waals surface area contributed by atoms with Crippen LogP contribution in [-0.2, 0) is 62.4 Å². The summed E-state index contributed by atoms with van der Waals surface area (Å²) in [4.78, 5) is 118. The van der Waals surface area contributed by atoms with Gasteiger partial charge in [0.15, 0.2) is 0 Å². The van der Waals surface area contributed by atoms with Gasteiger partial charge in [-0.25, -0.2) is 4.79 Å². The van der Waals surface area contributed by atoms with Crippen LogP contribution in [0.15, 0.2) is 78.9 Å². The summed E-state index contributed by atoms with van der Waals surface area (Å²) < 4.78 is 0. The summed E-state index contributed by atoms with van der Waals surface area (Å²) >= 11 is 0. The first kappa shape index (κ1) is 53.8. The quantitative estimate of drug-likeness (QED) is 0.0450. The van der Waals surface area contributed by atoms with Crippen LogP contribution in [0.5, 0.6) is 11.5 Å². The van der Waals surface area contributed by atoms with E-state index >= 15 is 0 Å². The number of hydrogen-bond acceptors (Lipinski definition) is 12. The zero-order valence-corrected chi connectivity index (χ0v) is 37.7. The minimum atomic E-state index is -1.66. The summed E-state index contributed by atoms with van der Waals surface area (Å²) in [6.45, 7) is 5.75. The van der Waals surface area contributed by atoms with Gasteiger partial charge in [0.05, 0.1) is 25.6 Å². The number of carboxylic acid groups (broad SMARTS) is 1. The van der Waals surface area contributed by atoms with Gasteiger partial charge in [0.1, 0.15) is 41.7 Å². The van der Waals surface area contributed by atoms with E-state index in [1.807, 2.05) is 13.8 Å². The second kappa shape index (κ2) is 26.4. The number of rotatable bonds is 26. The van der Waals surface area contributed by atoms with Crippen molar-refractivity contribution in [3.05, 3.63) is 95.6 Å². The third-order valence-corrected chi connectivity index (χ3v) is 10.1. The Morgan fingerprint density at radius 2 is 0.955 bits per heavy atom. The highest BCUT2D eigenvalue weighted by atomic mass is 16.4. The van der Waals surface area contributed by atoms with Crippen LogP contribution in [0.25, 0.3) is 0 Å². The van der Waals surface area contributed by atoms with Gasteiger partial charge in [0.2, 0.25) is 47.3 Å². The monoisotopic (exact) mass is 931 g/mol. The van der Waals surface area contributed by atoms with E-state index in [0.717, 1.165) is 0 Å². The molecule has 14 N–H and O–H groups in total. The Morgan fingerprint density at radius 3 is 1.42 bits per heavy atom. The van der Waals surface area contributed by atoms with Crippen LogP contribution in [0, 0.1) is 11.8 Å². The minimum absolute atomic E-state index is 0.0371. The second-order valence-electron chi connectivity index (χ2n) is 16.7. The molecule has 0 fully saturated rings. The predicted octanol–water partition coefficient (Wildman–Crippen LogP) is -1.23. The van der Waals surface area contributed by atoms with E-state index in [0.29, 0.717) is 23.1 Å². The molecule has 362 valence electrons. The SMILES string of the molecule is CC(C)C[C@H](N)C(=O)NCC(=O)N[C@@H](Cc1ccc(O)cc1)C(=O)NCC(=O)N[C@@H](Cc1ccccc1)C(=O)N[C@H](C(=O)N[C@@H](CC(N)=O)C(=O)N[C@@H](Cc1ccc(O)cc1)C(=O)O)C(C)C. The third kappa shape index (κ3) is 19.2. The molecule has 67 heavy (non-hydrogen) atoms. The average Bonchev–Trinajstić information content (AvgIpc) is 3.26. The molecule has 0 saturated heterocycles. The Bertz CT molecular complexity index is 2190. The number of phenolic OH excluding ortho intramolecular Hbond substituents is 2. The molecule has 0 saturated carbocycles. The van der Waals surface area contributed by atoms with Crippen molar-refractivity contribution in [3.8, 4) is 11.5 Å². The maximum atomic E-state index is 14.0. The Hall–Kier alpha value is -7.55. The maximum absolute atomic E-state index is 14.0. The van der Waals surface area contributed by atoms with Crippen molar-refractivity contribution >= 4 is 53.2 Å². The maximum Gasteiger partial charge on any atom is 0.326 e. The van der Waals surface area contributed by atoms with Gasteiger partial charge in [-0.15, -0.1) is 0 Å². The van der Waals surface area contributed by atoms with Crippen molar-refractivity contribution in [2.24, 2.45) is 23.3 Å². The smallest absolute Gasteiger partial charge is 0.326 e. The highest BCUT2D eigenvalue weighted by Gasteiger charge is 2.34. The molecule has 21 heteroatoms. The molecular weight excluding hydrogens is 871 g/mol. The van der Waals surface area contributed by atoms with Gasteiger partial charge >= 0.3 is 5.97 Å². The Morgan fingerprint density at radius 1 is 0.522 bits per heavy atom. The summed E-state index contributed by atoms with van der Waals surface area (Å²) in [5.74, 6) is -8.82. The Kier molecular flexibility index (Phi) is 21.2. The van der Waals surface area contributed by atoms with Crippen LogP contribution in [0.4, 0.5) is 0 Å². The van der Waals surface area contributed by atoms with Crippen LogP contribution in [0.1, 0.15) is 57.2 Å². The van der Waals surface area contributed by atoms with E-state index in [2.05, 4.69) is 37.2 Å². The van der Waals surface area contributed by atoms with Crippen molar-refractivity contribution < 1.29 is 58.5 Å². The topological polar surface area (TPSA) is 351 Å². The van der Waals surface area contributed by atoms with Crippen LogP contribution >= 0.6 is 0 Å². The number of amides is 8.